The van der Waals surface area contributed by atoms with Crippen molar-refractivity contribution in [2.75, 3.05) is 7.11 Å². The van der Waals surface area contributed by atoms with E-state index in [-0.39, 0.29) is 5.56 Å². The van der Waals surface area contributed by atoms with Gasteiger partial charge in [0.2, 0.25) is 0 Å². The maximum Gasteiger partial charge on any atom is 0.379 e. The fraction of sp³-hybridized carbons (Fsp3) is 0.150. The van der Waals surface area contributed by atoms with E-state index in [0.717, 1.165) is 16.7 Å². The van der Waals surface area contributed by atoms with Crippen LogP contribution in [0, 0.1) is 6.92 Å². The van der Waals surface area contributed by atoms with E-state index in [1.165, 1.54) is 7.11 Å². The minimum Gasteiger partial charge on any atom is -0.463 e. The number of ketones is 1. The number of aryl methyl sites for hydroxylation is 1. The monoisotopic (exact) mass is 334 g/mol. The number of aromatic amines is 1. The number of benzene rings is 2. The molecular weight excluding hydrogens is 316 g/mol. The molecule has 0 unspecified atom stereocenters. The van der Waals surface area contributed by atoms with E-state index >= 15 is 0 Å². The number of aromatic nitrogens is 2. The van der Waals surface area contributed by atoms with E-state index in [1.54, 1.807) is 0 Å². The van der Waals surface area contributed by atoms with Crippen molar-refractivity contribution < 1.29 is 14.3 Å². The molecule has 0 aliphatic carbocycles. The quantitative estimate of drug-likeness (QED) is 0.441. The number of carbonyl (C=O) groups is 2. The van der Waals surface area contributed by atoms with Crippen molar-refractivity contribution in [3.05, 3.63) is 77.0 Å². The largest absolute Gasteiger partial charge is 0.463 e. The highest BCUT2D eigenvalue weighted by atomic mass is 16.5. The normalized spacial score (nSPS) is 10.5. The van der Waals surface area contributed by atoms with E-state index in [4.69, 9.17) is 0 Å². The van der Waals surface area contributed by atoms with Crippen LogP contribution in [0.4, 0.5) is 0 Å². The minimum absolute atomic E-state index is 0.263. The van der Waals surface area contributed by atoms with Crippen LogP contribution in [0.1, 0.15) is 27.2 Å². The molecule has 126 valence electrons. The highest BCUT2D eigenvalue weighted by Gasteiger charge is 2.27. The van der Waals surface area contributed by atoms with Gasteiger partial charge in [0.15, 0.2) is 0 Å². The van der Waals surface area contributed by atoms with Gasteiger partial charge in [-0.15, -0.1) is 0 Å². The van der Waals surface area contributed by atoms with Crippen LogP contribution in [0.3, 0.4) is 0 Å². The third-order valence-corrected chi connectivity index (χ3v) is 3.99. The molecule has 0 amide bonds. The molecule has 0 saturated carbocycles. The van der Waals surface area contributed by atoms with E-state index in [0.29, 0.717) is 17.8 Å². The highest BCUT2D eigenvalue weighted by Crippen LogP contribution is 2.26. The van der Waals surface area contributed by atoms with Crippen LogP contribution in [-0.2, 0) is 16.0 Å². The number of ether oxygens (including phenoxy) is 1. The standard InChI is InChI=1S/C20H18N2O3/c1-13-8-10-14(11-9-13)12-16-17(19(23)20(24)25-2)18(22-21-16)15-6-4-3-5-7-15/h3-11H,12H2,1-2H3,(H,21,22). The van der Waals surface area contributed by atoms with Gasteiger partial charge in [0.1, 0.15) is 5.69 Å². The molecule has 1 heterocycles. The first-order valence-corrected chi connectivity index (χ1v) is 7.91. The van der Waals surface area contributed by atoms with Crippen LogP contribution in [-0.4, -0.2) is 29.1 Å². The zero-order valence-corrected chi connectivity index (χ0v) is 14.1. The van der Waals surface area contributed by atoms with Gasteiger partial charge in [0.25, 0.3) is 5.78 Å². The molecule has 0 saturated heterocycles. The second-order valence-electron chi connectivity index (χ2n) is 5.77. The predicted molar refractivity (Wildman–Crippen MR) is 94.4 cm³/mol. The molecule has 25 heavy (non-hydrogen) atoms. The van der Waals surface area contributed by atoms with Gasteiger partial charge < -0.3 is 4.74 Å². The first-order chi connectivity index (χ1) is 12.1. The first kappa shape index (κ1) is 16.6. The Labute approximate surface area is 145 Å². The molecule has 3 aromatic rings. The second-order valence-corrected chi connectivity index (χ2v) is 5.77. The summed E-state index contributed by atoms with van der Waals surface area (Å²) in [5, 5.41) is 7.20. The predicted octanol–water partition coefficient (Wildman–Crippen LogP) is 3.33. The number of hydrogen-bond donors (Lipinski definition) is 1. The average molecular weight is 334 g/mol. The lowest BCUT2D eigenvalue weighted by molar-refractivity contribution is -0.135. The molecule has 0 atom stereocenters. The second kappa shape index (κ2) is 7.13. The summed E-state index contributed by atoms with van der Waals surface area (Å²) in [7, 11) is 1.20. The summed E-state index contributed by atoms with van der Waals surface area (Å²) in [6.07, 6.45) is 0.470. The number of carbonyl (C=O) groups excluding carboxylic acids is 2. The van der Waals surface area contributed by atoms with Crippen LogP contribution in [0.2, 0.25) is 0 Å². The summed E-state index contributed by atoms with van der Waals surface area (Å²) in [6, 6.07) is 17.3. The Kier molecular flexibility index (Phi) is 4.75. The molecule has 3 rings (SSSR count). The van der Waals surface area contributed by atoms with Crippen molar-refractivity contribution in [2.24, 2.45) is 0 Å². The third-order valence-electron chi connectivity index (χ3n) is 3.99. The molecule has 0 bridgehead atoms. The smallest absolute Gasteiger partial charge is 0.379 e. The Balaban J connectivity index is 2.06. The van der Waals surface area contributed by atoms with Crippen LogP contribution >= 0.6 is 0 Å². The van der Waals surface area contributed by atoms with Crippen LogP contribution in [0.15, 0.2) is 54.6 Å². The summed E-state index contributed by atoms with van der Waals surface area (Å²) in [6.45, 7) is 2.01. The number of Topliss-reactive ketones (excluding diaryl/α,β-unsaturated/α-hetero) is 1. The molecule has 5 heteroatoms. The van der Waals surface area contributed by atoms with E-state index in [1.807, 2.05) is 61.5 Å². The molecule has 5 nitrogen and oxygen atoms in total. The lowest BCUT2D eigenvalue weighted by Gasteiger charge is -2.05. The van der Waals surface area contributed by atoms with Gasteiger partial charge in [-0.25, -0.2) is 4.79 Å². The van der Waals surface area contributed by atoms with Gasteiger partial charge in [0.05, 0.1) is 18.4 Å². The summed E-state index contributed by atoms with van der Waals surface area (Å²) >= 11 is 0. The van der Waals surface area contributed by atoms with Crippen LogP contribution in [0.25, 0.3) is 11.3 Å². The van der Waals surface area contributed by atoms with Gasteiger partial charge in [-0.3, -0.25) is 9.89 Å². The molecule has 0 fully saturated rings. The Morgan fingerprint density at radius 3 is 2.36 bits per heavy atom. The molecule has 0 aliphatic rings. The topological polar surface area (TPSA) is 72.1 Å². The summed E-state index contributed by atoms with van der Waals surface area (Å²) < 4.78 is 4.62. The molecular formula is C20H18N2O3. The summed E-state index contributed by atoms with van der Waals surface area (Å²) in [5.41, 5.74) is 4.26. The maximum atomic E-state index is 12.6. The molecule has 1 aromatic heterocycles. The molecule has 2 aromatic carbocycles. The number of nitrogens with one attached hydrogen (secondary N) is 1. The van der Waals surface area contributed by atoms with Crippen molar-refractivity contribution >= 4 is 11.8 Å². The number of nitrogens with zero attached hydrogens (tertiary/aromatic N) is 1. The zero-order valence-electron chi connectivity index (χ0n) is 14.1. The van der Waals surface area contributed by atoms with Crippen LogP contribution in [0.5, 0.6) is 0 Å². The summed E-state index contributed by atoms with van der Waals surface area (Å²) in [5.74, 6) is -1.60. The third kappa shape index (κ3) is 3.50. The van der Waals surface area contributed by atoms with Crippen molar-refractivity contribution in [3.8, 4) is 11.3 Å². The number of H-pyrrole nitrogens is 1. The lowest BCUT2D eigenvalue weighted by atomic mass is 9.98. The number of hydrogen-bond acceptors (Lipinski definition) is 4. The summed E-state index contributed by atoms with van der Waals surface area (Å²) in [4.78, 5) is 24.4. The van der Waals surface area contributed by atoms with Gasteiger partial charge in [-0.2, -0.15) is 5.10 Å². The Hall–Kier alpha value is -3.21. The average Bonchev–Trinajstić information content (AvgIpc) is 3.06. The van der Waals surface area contributed by atoms with Crippen molar-refractivity contribution in [1.29, 1.82) is 0 Å². The van der Waals surface area contributed by atoms with E-state index in [2.05, 4.69) is 14.9 Å². The van der Waals surface area contributed by atoms with Gasteiger partial charge >= 0.3 is 5.97 Å². The molecule has 0 radical (unpaired) electrons. The minimum atomic E-state index is -0.899. The Morgan fingerprint density at radius 2 is 1.72 bits per heavy atom. The Morgan fingerprint density at radius 1 is 1.04 bits per heavy atom. The number of esters is 1. The van der Waals surface area contributed by atoms with Gasteiger partial charge in [0, 0.05) is 12.0 Å². The first-order valence-electron chi connectivity index (χ1n) is 7.91. The maximum absolute atomic E-state index is 12.6. The molecule has 1 N–H and O–H groups in total. The van der Waals surface area contributed by atoms with Crippen molar-refractivity contribution in [3.63, 3.8) is 0 Å². The zero-order chi connectivity index (χ0) is 17.8. The van der Waals surface area contributed by atoms with Gasteiger partial charge in [-0.05, 0) is 12.5 Å². The fourth-order valence-corrected chi connectivity index (χ4v) is 2.66. The molecule has 0 spiro atoms. The van der Waals surface area contributed by atoms with Gasteiger partial charge in [-0.1, -0.05) is 60.2 Å². The van der Waals surface area contributed by atoms with E-state index < -0.39 is 11.8 Å². The SMILES string of the molecule is COC(=O)C(=O)c1c(-c2ccccc2)n[nH]c1Cc1ccc(C)cc1. The fourth-order valence-electron chi connectivity index (χ4n) is 2.66. The molecule has 0 aliphatic heterocycles. The van der Waals surface area contributed by atoms with Crippen LogP contribution < -0.4 is 0 Å². The Bertz CT molecular complexity index is 896. The van der Waals surface area contributed by atoms with Crippen molar-refractivity contribution in [2.45, 2.75) is 13.3 Å². The lowest BCUT2D eigenvalue weighted by Crippen LogP contribution is -2.17. The number of rotatable bonds is 5. The van der Waals surface area contributed by atoms with Crippen molar-refractivity contribution in [1.82, 2.24) is 10.2 Å². The van der Waals surface area contributed by atoms with E-state index in [9.17, 15) is 9.59 Å². The highest BCUT2D eigenvalue weighted by molar-refractivity contribution is 6.42. The number of methoxy groups -OCH3 is 1.